The maximum absolute atomic E-state index is 13.1. The monoisotopic (exact) mass is 400 g/mol. The summed E-state index contributed by atoms with van der Waals surface area (Å²) in [6.07, 6.45) is 2.57. The van der Waals surface area contributed by atoms with Gasteiger partial charge in [0.25, 0.3) is 0 Å². The van der Waals surface area contributed by atoms with E-state index in [0.29, 0.717) is 23.5 Å². The first kappa shape index (κ1) is 19.1. The molecule has 5 nitrogen and oxygen atoms in total. The molecule has 2 atom stereocenters. The van der Waals surface area contributed by atoms with Crippen LogP contribution in [0.5, 0.6) is 5.75 Å². The maximum Gasteiger partial charge on any atom is 0.199 e. The minimum absolute atomic E-state index is 0.217. The van der Waals surface area contributed by atoms with Gasteiger partial charge in [-0.05, 0) is 38.3 Å². The van der Waals surface area contributed by atoms with E-state index in [1.807, 2.05) is 6.92 Å². The number of hydrogen-bond acceptors (Lipinski definition) is 5. The number of carbonyl (C=O) groups is 2. The Morgan fingerprint density at radius 1 is 1.07 bits per heavy atom. The minimum atomic E-state index is -0.296. The standard InChI is InChI=1S/C22H21ClO5/c1-13(28-18-10-2-3-11-26-18)12-27-17-9-5-7-15-20(17)22(25)19-14(21(15)24)6-4-8-16(19)23/h4-9,13,18H,2-3,10-12H2,1H3/t13-,18?/m0/s1. The summed E-state index contributed by atoms with van der Waals surface area (Å²) in [6.45, 7) is 2.85. The number of fused-ring (bicyclic) bond motifs is 2. The fourth-order valence-corrected chi connectivity index (χ4v) is 3.87. The van der Waals surface area contributed by atoms with Gasteiger partial charge in [-0.1, -0.05) is 35.9 Å². The molecule has 28 heavy (non-hydrogen) atoms. The molecule has 0 spiro atoms. The van der Waals surface area contributed by atoms with E-state index in [9.17, 15) is 9.59 Å². The lowest BCUT2D eigenvalue weighted by Gasteiger charge is -2.26. The van der Waals surface area contributed by atoms with Gasteiger partial charge in [-0.25, -0.2) is 0 Å². The van der Waals surface area contributed by atoms with Crippen LogP contribution in [0.1, 0.15) is 58.0 Å². The molecule has 1 saturated heterocycles. The molecule has 1 unspecified atom stereocenters. The first-order valence-corrected chi connectivity index (χ1v) is 9.85. The Labute approximate surface area is 168 Å². The lowest BCUT2D eigenvalue weighted by atomic mass is 9.83. The van der Waals surface area contributed by atoms with E-state index in [0.717, 1.165) is 19.3 Å². The van der Waals surface area contributed by atoms with E-state index in [4.69, 9.17) is 25.8 Å². The molecule has 2 aliphatic rings. The highest BCUT2D eigenvalue weighted by Gasteiger charge is 2.34. The number of hydrogen-bond donors (Lipinski definition) is 0. The van der Waals surface area contributed by atoms with Gasteiger partial charge in [-0.3, -0.25) is 9.59 Å². The number of benzene rings is 2. The van der Waals surface area contributed by atoms with E-state index in [1.54, 1.807) is 36.4 Å². The Kier molecular flexibility index (Phi) is 5.49. The zero-order valence-electron chi connectivity index (χ0n) is 15.6. The normalized spacial score (nSPS) is 19.7. The molecule has 2 aromatic rings. The van der Waals surface area contributed by atoms with Crippen molar-refractivity contribution < 1.29 is 23.8 Å². The van der Waals surface area contributed by atoms with E-state index < -0.39 is 0 Å². The molecule has 1 heterocycles. The summed E-state index contributed by atoms with van der Waals surface area (Å²) in [4.78, 5) is 25.9. The van der Waals surface area contributed by atoms with Gasteiger partial charge in [0, 0.05) is 17.7 Å². The van der Waals surface area contributed by atoms with E-state index >= 15 is 0 Å². The average molecular weight is 401 g/mol. The van der Waals surface area contributed by atoms with Crippen molar-refractivity contribution in [3.05, 3.63) is 63.7 Å². The van der Waals surface area contributed by atoms with Crippen LogP contribution in [-0.4, -0.2) is 37.2 Å². The molecule has 4 rings (SSSR count). The summed E-state index contributed by atoms with van der Waals surface area (Å²) in [5.41, 5.74) is 1.15. The molecule has 6 heteroatoms. The average Bonchev–Trinajstić information content (AvgIpc) is 2.71. The molecule has 146 valence electrons. The smallest absolute Gasteiger partial charge is 0.199 e. The predicted octanol–water partition coefficient (Wildman–Crippen LogP) is 4.43. The Balaban J connectivity index is 1.55. The molecule has 0 amide bonds. The Bertz CT molecular complexity index is 917. The zero-order valence-corrected chi connectivity index (χ0v) is 16.3. The summed E-state index contributed by atoms with van der Waals surface area (Å²) in [5, 5.41) is 0.266. The molecule has 0 aromatic heterocycles. The first-order valence-electron chi connectivity index (χ1n) is 9.47. The summed E-state index contributed by atoms with van der Waals surface area (Å²) in [5.74, 6) is -0.158. The molecular weight excluding hydrogens is 380 g/mol. The zero-order chi connectivity index (χ0) is 19.7. The van der Waals surface area contributed by atoms with Gasteiger partial charge in [0.2, 0.25) is 0 Å². The third-order valence-electron chi connectivity index (χ3n) is 4.98. The topological polar surface area (TPSA) is 61.8 Å². The van der Waals surface area contributed by atoms with Gasteiger partial charge < -0.3 is 14.2 Å². The highest BCUT2D eigenvalue weighted by Crippen LogP contribution is 2.36. The molecule has 2 aromatic carbocycles. The largest absolute Gasteiger partial charge is 0.490 e. The second-order valence-electron chi connectivity index (χ2n) is 7.05. The number of rotatable bonds is 5. The number of ketones is 2. The van der Waals surface area contributed by atoms with Crippen LogP contribution in [0.15, 0.2) is 36.4 Å². The fraction of sp³-hybridized carbons (Fsp3) is 0.364. The lowest BCUT2D eigenvalue weighted by Crippen LogP contribution is -2.30. The number of ether oxygens (including phenoxy) is 3. The molecule has 0 N–H and O–H groups in total. The quantitative estimate of drug-likeness (QED) is 0.634. The van der Waals surface area contributed by atoms with Crippen LogP contribution in [0.3, 0.4) is 0 Å². The second-order valence-corrected chi connectivity index (χ2v) is 7.46. The van der Waals surface area contributed by atoms with Crippen LogP contribution in [0.4, 0.5) is 0 Å². The lowest BCUT2D eigenvalue weighted by molar-refractivity contribution is -0.189. The van der Waals surface area contributed by atoms with Crippen molar-refractivity contribution in [2.75, 3.05) is 13.2 Å². The van der Waals surface area contributed by atoms with Gasteiger partial charge in [0.1, 0.15) is 12.4 Å². The fourth-order valence-electron chi connectivity index (χ4n) is 3.61. The maximum atomic E-state index is 13.1. The van der Waals surface area contributed by atoms with Crippen LogP contribution < -0.4 is 4.74 Å². The summed E-state index contributed by atoms with van der Waals surface area (Å²) < 4.78 is 17.3. The predicted molar refractivity (Wildman–Crippen MR) is 104 cm³/mol. The molecule has 0 saturated carbocycles. The van der Waals surface area contributed by atoms with Crippen molar-refractivity contribution in [1.29, 1.82) is 0 Å². The van der Waals surface area contributed by atoms with Gasteiger partial charge in [0.05, 0.1) is 22.3 Å². The minimum Gasteiger partial charge on any atom is -0.490 e. The van der Waals surface area contributed by atoms with Crippen molar-refractivity contribution >= 4 is 23.2 Å². The molecule has 1 aliphatic carbocycles. The Morgan fingerprint density at radius 2 is 1.82 bits per heavy atom. The molecule has 1 fully saturated rings. The van der Waals surface area contributed by atoms with Crippen molar-refractivity contribution in [2.24, 2.45) is 0 Å². The first-order chi connectivity index (χ1) is 13.6. The van der Waals surface area contributed by atoms with Gasteiger partial charge in [-0.15, -0.1) is 0 Å². The van der Waals surface area contributed by atoms with E-state index in [1.165, 1.54) is 0 Å². The summed E-state index contributed by atoms with van der Waals surface area (Å²) in [6, 6.07) is 9.95. The third-order valence-corrected chi connectivity index (χ3v) is 5.29. The summed E-state index contributed by atoms with van der Waals surface area (Å²) in [7, 11) is 0. The molecule has 1 aliphatic heterocycles. The van der Waals surface area contributed by atoms with Gasteiger partial charge in [-0.2, -0.15) is 0 Å². The van der Waals surface area contributed by atoms with Crippen LogP contribution in [0, 0.1) is 0 Å². The van der Waals surface area contributed by atoms with Crippen LogP contribution in [0.25, 0.3) is 0 Å². The molecule has 0 bridgehead atoms. The van der Waals surface area contributed by atoms with Crippen molar-refractivity contribution in [1.82, 2.24) is 0 Å². The van der Waals surface area contributed by atoms with Crippen molar-refractivity contribution in [3.63, 3.8) is 0 Å². The third kappa shape index (κ3) is 3.58. The number of halogens is 1. The SMILES string of the molecule is C[C@@H](COc1cccc2c1C(=O)c1c(Cl)cccc1C2=O)OC1CCCCO1. The highest BCUT2D eigenvalue weighted by atomic mass is 35.5. The van der Waals surface area contributed by atoms with Gasteiger partial charge >= 0.3 is 0 Å². The van der Waals surface area contributed by atoms with Crippen molar-refractivity contribution in [2.45, 2.75) is 38.6 Å². The highest BCUT2D eigenvalue weighted by molar-refractivity contribution is 6.39. The second kappa shape index (κ2) is 8.03. The van der Waals surface area contributed by atoms with Crippen LogP contribution in [-0.2, 0) is 9.47 Å². The van der Waals surface area contributed by atoms with Gasteiger partial charge in [0.15, 0.2) is 17.9 Å². The number of carbonyl (C=O) groups excluding carboxylic acids is 2. The van der Waals surface area contributed by atoms with Crippen LogP contribution in [0.2, 0.25) is 5.02 Å². The van der Waals surface area contributed by atoms with E-state index in [-0.39, 0.29) is 46.7 Å². The van der Waals surface area contributed by atoms with E-state index in [2.05, 4.69) is 0 Å². The molecular formula is C22H21ClO5. The summed E-state index contributed by atoms with van der Waals surface area (Å²) >= 11 is 6.21. The molecule has 0 radical (unpaired) electrons. The van der Waals surface area contributed by atoms with Crippen molar-refractivity contribution in [3.8, 4) is 5.75 Å². The Hall–Kier alpha value is -2.21. The van der Waals surface area contributed by atoms with Crippen LogP contribution >= 0.6 is 11.6 Å². The Morgan fingerprint density at radius 3 is 2.57 bits per heavy atom.